The summed E-state index contributed by atoms with van der Waals surface area (Å²) < 4.78 is 17.1. The van der Waals surface area contributed by atoms with Gasteiger partial charge in [-0.05, 0) is 42.7 Å². The molecule has 3 amide bonds. The van der Waals surface area contributed by atoms with Gasteiger partial charge in [-0.25, -0.2) is 4.79 Å². The maximum Gasteiger partial charge on any atom is 0.338 e. The van der Waals surface area contributed by atoms with Gasteiger partial charge < -0.3 is 34.4 Å². The second kappa shape index (κ2) is 12.3. The highest BCUT2D eigenvalue weighted by Gasteiger charge is 2.44. The van der Waals surface area contributed by atoms with Crippen molar-refractivity contribution in [1.82, 2.24) is 15.1 Å². The van der Waals surface area contributed by atoms with Crippen LogP contribution in [-0.2, 0) is 28.6 Å². The zero-order chi connectivity index (χ0) is 27.2. The first-order valence-electron chi connectivity index (χ1n) is 12.6. The van der Waals surface area contributed by atoms with Crippen molar-refractivity contribution in [3.05, 3.63) is 53.1 Å². The lowest BCUT2D eigenvalue weighted by Gasteiger charge is -2.32. The van der Waals surface area contributed by atoms with Crippen LogP contribution in [0.25, 0.3) is 6.08 Å². The number of nitrogens with one attached hydrogen (secondary N) is 1. The third-order valence-corrected chi connectivity index (χ3v) is 6.76. The zero-order valence-electron chi connectivity index (χ0n) is 21.5. The van der Waals surface area contributed by atoms with Gasteiger partial charge in [0.25, 0.3) is 0 Å². The van der Waals surface area contributed by atoms with E-state index in [0.29, 0.717) is 30.5 Å². The van der Waals surface area contributed by atoms with Gasteiger partial charge in [0.05, 0.1) is 12.2 Å². The van der Waals surface area contributed by atoms with Gasteiger partial charge in [0.15, 0.2) is 0 Å². The van der Waals surface area contributed by atoms with Crippen LogP contribution in [-0.4, -0.2) is 104 Å². The number of fused-ring (bicyclic) bond motifs is 1. The summed E-state index contributed by atoms with van der Waals surface area (Å²) in [6.07, 6.45) is 4.31. The highest BCUT2D eigenvalue weighted by atomic mass is 16.7. The van der Waals surface area contributed by atoms with Gasteiger partial charge in [-0.2, -0.15) is 0 Å². The van der Waals surface area contributed by atoms with Crippen molar-refractivity contribution in [3.63, 3.8) is 0 Å². The Labute approximate surface area is 221 Å². The van der Waals surface area contributed by atoms with E-state index in [0.717, 1.165) is 5.56 Å². The quantitative estimate of drug-likeness (QED) is 0.368. The molecule has 0 spiro atoms. The molecule has 2 aliphatic heterocycles. The van der Waals surface area contributed by atoms with Crippen LogP contribution in [0.1, 0.15) is 35.2 Å². The molecule has 0 saturated carbocycles. The smallest absolute Gasteiger partial charge is 0.338 e. The van der Waals surface area contributed by atoms with Gasteiger partial charge in [0, 0.05) is 45.3 Å². The summed E-state index contributed by atoms with van der Waals surface area (Å²) in [5.41, 5.74) is 1.47. The molecule has 3 aliphatic rings. The molecule has 1 aliphatic carbocycles. The number of amides is 3. The number of aliphatic hydroxyl groups is 1. The molecule has 2 fully saturated rings. The standard InChI is InChI=1S/C27H33N3O8/c1-29(2)23(32)10-7-17-5-8-18(9-6-17)27(35)38-22-15-19(14-21-24(22)37-16-36-21)26(34)30-12-3-4-20(30)25(33)28-11-13-31/h5-10,14,20-22,24,31H,3-4,11-13,15-16H2,1-2H3,(H,28,33)/t20-,21-,22-,24-/m1/s1. The van der Waals surface area contributed by atoms with Crippen molar-refractivity contribution in [2.24, 2.45) is 0 Å². The number of hydrogen-bond donors (Lipinski definition) is 2. The molecule has 4 rings (SSSR count). The van der Waals surface area contributed by atoms with Crippen molar-refractivity contribution in [1.29, 1.82) is 0 Å². The number of aliphatic hydroxyl groups excluding tert-OH is 1. The normalized spacial score (nSPS) is 24.6. The fraction of sp³-hybridized carbons (Fsp3) is 0.481. The molecule has 0 aromatic heterocycles. The maximum absolute atomic E-state index is 13.4. The average molecular weight is 528 g/mol. The average Bonchev–Trinajstić information content (AvgIpc) is 3.60. The highest BCUT2D eigenvalue weighted by Crippen LogP contribution is 2.33. The topological polar surface area (TPSA) is 135 Å². The Morgan fingerprint density at radius 1 is 1.18 bits per heavy atom. The van der Waals surface area contributed by atoms with Gasteiger partial charge in [-0.15, -0.1) is 0 Å². The fourth-order valence-corrected chi connectivity index (χ4v) is 4.73. The van der Waals surface area contributed by atoms with E-state index in [1.165, 1.54) is 15.9 Å². The Bertz CT molecular complexity index is 1110. The van der Waals surface area contributed by atoms with Gasteiger partial charge in [-0.1, -0.05) is 12.1 Å². The first-order chi connectivity index (χ1) is 18.3. The van der Waals surface area contributed by atoms with E-state index >= 15 is 0 Å². The monoisotopic (exact) mass is 527 g/mol. The van der Waals surface area contributed by atoms with Gasteiger partial charge in [0.2, 0.25) is 17.7 Å². The zero-order valence-corrected chi connectivity index (χ0v) is 21.5. The van der Waals surface area contributed by atoms with E-state index in [-0.39, 0.29) is 44.1 Å². The number of esters is 1. The van der Waals surface area contributed by atoms with Crippen molar-refractivity contribution in [3.8, 4) is 0 Å². The van der Waals surface area contributed by atoms with E-state index in [1.54, 1.807) is 50.5 Å². The first kappa shape index (κ1) is 27.5. The van der Waals surface area contributed by atoms with E-state index in [1.807, 2.05) is 0 Å². The molecule has 204 valence electrons. The molecule has 1 aromatic carbocycles. The van der Waals surface area contributed by atoms with Gasteiger partial charge in [-0.3, -0.25) is 14.4 Å². The minimum Gasteiger partial charge on any atom is -0.456 e. The summed E-state index contributed by atoms with van der Waals surface area (Å²) in [7, 11) is 3.32. The van der Waals surface area contributed by atoms with Gasteiger partial charge in [0.1, 0.15) is 31.1 Å². The highest BCUT2D eigenvalue weighted by molar-refractivity contribution is 5.98. The van der Waals surface area contributed by atoms with E-state index in [2.05, 4.69) is 5.32 Å². The molecule has 2 N–H and O–H groups in total. The molecule has 0 radical (unpaired) electrons. The predicted molar refractivity (Wildman–Crippen MR) is 136 cm³/mol. The number of rotatable bonds is 8. The van der Waals surface area contributed by atoms with Crippen LogP contribution in [0.15, 0.2) is 42.0 Å². The molecular weight excluding hydrogens is 494 g/mol. The van der Waals surface area contributed by atoms with Crippen LogP contribution in [0.3, 0.4) is 0 Å². The number of ether oxygens (including phenoxy) is 3. The first-order valence-corrected chi connectivity index (χ1v) is 12.6. The Balaban J connectivity index is 1.43. The molecule has 2 heterocycles. The summed E-state index contributed by atoms with van der Waals surface area (Å²) in [4.78, 5) is 53.6. The van der Waals surface area contributed by atoms with Crippen molar-refractivity contribution < 1.29 is 38.5 Å². The molecule has 11 heteroatoms. The molecule has 38 heavy (non-hydrogen) atoms. The number of likely N-dealkylation sites (N-methyl/N-ethyl adjacent to an activating group) is 1. The molecule has 11 nitrogen and oxygen atoms in total. The summed E-state index contributed by atoms with van der Waals surface area (Å²) >= 11 is 0. The predicted octanol–water partition coefficient (Wildman–Crippen LogP) is 0.485. The minimum absolute atomic E-state index is 0.0178. The van der Waals surface area contributed by atoms with Gasteiger partial charge >= 0.3 is 5.97 Å². The molecule has 0 bridgehead atoms. The molecule has 1 aromatic rings. The Morgan fingerprint density at radius 2 is 1.95 bits per heavy atom. The lowest BCUT2D eigenvalue weighted by molar-refractivity contribution is -0.136. The number of hydrogen-bond acceptors (Lipinski definition) is 8. The summed E-state index contributed by atoms with van der Waals surface area (Å²) in [5.74, 6) is -1.32. The van der Waals surface area contributed by atoms with Crippen LogP contribution >= 0.6 is 0 Å². The van der Waals surface area contributed by atoms with Crippen LogP contribution in [0.2, 0.25) is 0 Å². The van der Waals surface area contributed by atoms with Crippen molar-refractivity contribution in [2.45, 2.75) is 43.6 Å². The van der Waals surface area contributed by atoms with Crippen LogP contribution < -0.4 is 5.32 Å². The van der Waals surface area contributed by atoms with Crippen molar-refractivity contribution in [2.75, 3.05) is 40.6 Å². The fourth-order valence-electron chi connectivity index (χ4n) is 4.73. The molecule has 4 atom stereocenters. The lowest BCUT2D eigenvalue weighted by Crippen LogP contribution is -2.49. The number of nitrogens with zero attached hydrogens (tertiary/aromatic N) is 2. The van der Waals surface area contributed by atoms with E-state index in [9.17, 15) is 19.2 Å². The van der Waals surface area contributed by atoms with E-state index < -0.39 is 30.3 Å². The molecule has 2 saturated heterocycles. The summed E-state index contributed by atoms with van der Waals surface area (Å²) in [5, 5.41) is 11.6. The minimum atomic E-state index is -0.750. The second-order valence-corrected chi connectivity index (χ2v) is 9.58. The number of carbonyl (C=O) groups excluding carboxylic acids is 4. The Hall–Kier alpha value is -3.54. The van der Waals surface area contributed by atoms with Crippen molar-refractivity contribution >= 4 is 29.8 Å². The van der Waals surface area contributed by atoms with Crippen LogP contribution in [0, 0.1) is 0 Å². The van der Waals surface area contributed by atoms with E-state index in [4.69, 9.17) is 19.3 Å². The third kappa shape index (κ3) is 6.29. The summed E-state index contributed by atoms with van der Waals surface area (Å²) in [6, 6.07) is 6.01. The Kier molecular flexibility index (Phi) is 8.93. The maximum atomic E-state index is 13.4. The number of carbonyl (C=O) groups is 4. The number of likely N-dealkylation sites (tertiary alicyclic amines) is 1. The number of benzene rings is 1. The molecular formula is C27H33N3O8. The van der Waals surface area contributed by atoms with Crippen LogP contribution in [0.4, 0.5) is 0 Å². The largest absolute Gasteiger partial charge is 0.456 e. The second-order valence-electron chi connectivity index (χ2n) is 9.58. The molecule has 0 unspecified atom stereocenters. The Morgan fingerprint density at radius 3 is 2.66 bits per heavy atom. The third-order valence-electron chi connectivity index (χ3n) is 6.76. The lowest BCUT2D eigenvalue weighted by atomic mass is 9.91. The summed E-state index contributed by atoms with van der Waals surface area (Å²) in [6.45, 7) is 0.396. The van der Waals surface area contributed by atoms with Crippen LogP contribution in [0.5, 0.6) is 0 Å². The SMILES string of the molecule is CN(C)C(=O)C=Cc1ccc(C(=O)O[C@@H]2CC(C(=O)N3CCC[C@@H]3C(=O)NCCO)=C[C@H]3OCO[C@H]32)cc1.